The second-order valence-corrected chi connectivity index (χ2v) is 6.32. The van der Waals surface area contributed by atoms with Crippen LogP contribution >= 0.6 is 0 Å². The van der Waals surface area contributed by atoms with E-state index in [1.165, 1.54) is 19.2 Å². The largest absolute Gasteiger partial charge is 0.493 e. The van der Waals surface area contributed by atoms with Gasteiger partial charge in [-0.1, -0.05) is 13.8 Å². The molecule has 0 aliphatic carbocycles. The Morgan fingerprint density at radius 2 is 1.82 bits per heavy atom. The number of esters is 1. The van der Waals surface area contributed by atoms with Crippen molar-refractivity contribution < 1.29 is 32.6 Å². The van der Waals surface area contributed by atoms with E-state index in [1.807, 2.05) is 13.8 Å². The second-order valence-electron chi connectivity index (χ2n) is 6.32. The maximum absolute atomic E-state index is 13.5. The van der Waals surface area contributed by atoms with Crippen molar-refractivity contribution in [2.75, 3.05) is 25.6 Å². The number of rotatable bonds is 8. The van der Waals surface area contributed by atoms with Gasteiger partial charge in [0.2, 0.25) is 0 Å². The minimum Gasteiger partial charge on any atom is -0.493 e. The number of nitrogens with one attached hydrogen (secondary N) is 1. The van der Waals surface area contributed by atoms with E-state index in [9.17, 15) is 18.4 Å². The van der Waals surface area contributed by atoms with Crippen molar-refractivity contribution in [2.45, 2.75) is 13.8 Å². The first-order valence-electron chi connectivity index (χ1n) is 8.53. The lowest BCUT2D eigenvalue weighted by Gasteiger charge is -2.13. The van der Waals surface area contributed by atoms with E-state index in [0.29, 0.717) is 30.1 Å². The van der Waals surface area contributed by atoms with Gasteiger partial charge in [0.25, 0.3) is 5.91 Å². The first-order valence-corrected chi connectivity index (χ1v) is 8.53. The lowest BCUT2D eigenvalue weighted by molar-refractivity contribution is -0.119. The van der Waals surface area contributed by atoms with Gasteiger partial charge in [-0.3, -0.25) is 4.79 Å². The summed E-state index contributed by atoms with van der Waals surface area (Å²) in [4.78, 5) is 24.0. The second kappa shape index (κ2) is 9.68. The predicted molar refractivity (Wildman–Crippen MR) is 98.6 cm³/mol. The van der Waals surface area contributed by atoms with E-state index >= 15 is 0 Å². The number of hydrogen-bond donors (Lipinski definition) is 1. The van der Waals surface area contributed by atoms with Crippen LogP contribution < -0.4 is 14.8 Å². The molecule has 1 amide bonds. The smallest absolute Gasteiger partial charge is 0.338 e. The van der Waals surface area contributed by atoms with Crippen LogP contribution in [0.4, 0.5) is 14.5 Å². The van der Waals surface area contributed by atoms with Crippen LogP contribution in [0.1, 0.15) is 24.2 Å². The summed E-state index contributed by atoms with van der Waals surface area (Å²) in [5, 5.41) is 2.20. The van der Waals surface area contributed by atoms with Crippen LogP contribution in [0.3, 0.4) is 0 Å². The minimum atomic E-state index is -0.929. The minimum absolute atomic E-state index is 0.162. The number of anilines is 1. The average Bonchev–Trinajstić information content (AvgIpc) is 2.66. The fraction of sp³-hybridized carbons (Fsp3) is 0.300. The molecule has 0 saturated carbocycles. The molecule has 28 heavy (non-hydrogen) atoms. The standard InChI is InChI=1S/C20H21F2NO5/c1-12(2)10-27-17-7-4-13(8-18(17)26-3)20(25)28-11-19(24)23-16-6-5-14(21)9-15(16)22/h4-9,12H,10-11H2,1-3H3,(H,23,24). The van der Waals surface area contributed by atoms with Gasteiger partial charge in [-0.15, -0.1) is 0 Å². The Balaban J connectivity index is 1.95. The Bertz CT molecular complexity index is 854. The highest BCUT2D eigenvalue weighted by Gasteiger charge is 2.15. The average molecular weight is 393 g/mol. The van der Waals surface area contributed by atoms with E-state index in [-0.39, 0.29) is 11.3 Å². The molecule has 0 heterocycles. The number of carbonyl (C=O) groups excluding carboxylic acids is 2. The van der Waals surface area contributed by atoms with E-state index in [1.54, 1.807) is 6.07 Å². The third kappa shape index (κ3) is 5.94. The van der Waals surface area contributed by atoms with Crippen LogP contribution in [0, 0.1) is 17.6 Å². The van der Waals surface area contributed by atoms with E-state index in [0.717, 1.165) is 12.1 Å². The zero-order valence-electron chi connectivity index (χ0n) is 15.8. The lowest BCUT2D eigenvalue weighted by Crippen LogP contribution is -2.21. The van der Waals surface area contributed by atoms with Crippen LogP contribution in [0.2, 0.25) is 0 Å². The van der Waals surface area contributed by atoms with Gasteiger partial charge in [0.05, 0.1) is 25.0 Å². The van der Waals surface area contributed by atoms with Crippen molar-refractivity contribution in [1.29, 1.82) is 0 Å². The van der Waals surface area contributed by atoms with Gasteiger partial charge < -0.3 is 19.5 Å². The maximum atomic E-state index is 13.5. The summed E-state index contributed by atoms with van der Waals surface area (Å²) in [5.41, 5.74) is -0.0507. The molecule has 2 rings (SSSR count). The molecule has 2 aromatic carbocycles. The van der Waals surface area contributed by atoms with Crippen molar-refractivity contribution in [3.63, 3.8) is 0 Å². The molecule has 0 fully saturated rings. The molecule has 0 aliphatic heterocycles. The maximum Gasteiger partial charge on any atom is 0.338 e. The molecule has 1 N–H and O–H groups in total. The highest BCUT2D eigenvalue weighted by molar-refractivity contribution is 5.95. The molecule has 0 spiro atoms. The zero-order chi connectivity index (χ0) is 20.7. The molecule has 0 atom stereocenters. The zero-order valence-corrected chi connectivity index (χ0v) is 15.8. The Kier molecular flexibility index (Phi) is 7.31. The predicted octanol–water partition coefficient (Wildman–Crippen LogP) is 3.80. The number of methoxy groups -OCH3 is 1. The molecule has 150 valence electrons. The highest BCUT2D eigenvalue weighted by atomic mass is 19.1. The molecular weight excluding hydrogens is 372 g/mol. The third-order valence-electron chi connectivity index (χ3n) is 3.51. The number of amides is 1. The topological polar surface area (TPSA) is 73.9 Å². The monoisotopic (exact) mass is 393 g/mol. The van der Waals surface area contributed by atoms with Gasteiger partial charge in [-0.2, -0.15) is 0 Å². The molecule has 6 nitrogen and oxygen atoms in total. The normalized spacial score (nSPS) is 10.5. The van der Waals surface area contributed by atoms with Gasteiger partial charge in [0.1, 0.15) is 11.6 Å². The summed E-state index contributed by atoms with van der Waals surface area (Å²) in [5.74, 6) is -2.06. The van der Waals surface area contributed by atoms with Crippen molar-refractivity contribution in [3.05, 3.63) is 53.6 Å². The Morgan fingerprint density at radius 3 is 2.46 bits per heavy atom. The van der Waals surface area contributed by atoms with Crippen molar-refractivity contribution >= 4 is 17.6 Å². The van der Waals surface area contributed by atoms with Gasteiger partial charge in [-0.05, 0) is 36.2 Å². The SMILES string of the molecule is COc1cc(C(=O)OCC(=O)Nc2ccc(F)cc2F)ccc1OCC(C)C. The Hall–Kier alpha value is -3.16. The quantitative estimate of drug-likeness (QED) is 0.691. The first-order chi connectivity index (χ1) is 13.3. The van der Waals surface area contributed by atoms with Crippen LogP contribution in [-0.4, -0.2) is 32.2 Å². The third-order valence-corrected chi connectivity index (χ3v) is 3.51. The molecule has 0 saturated heterocycles. The van der Waals surface area contributed by atoms with Gasteiger partial charge in [0, 0.05) is 6.07 Å². The number of ether oxygens (including phenoxy) is 3. The molecule has 0 radical (unpaired) electrons. The Morgan fingerprint density at radius 1 is 1.07 bits per heavy atom. The summed E-state index contributed by atoms with van der Waals surface area (Å²) >= 11 is 0. The molecular formula is C20H21F2NO5. The van der Waals surface area contributed by atoms with E-state index in [2.05, 4.69) is 5.32 Å². The summed E-state index contributed by atoms with van der Waals surface area (Å²) < 4.78 is 42.1. The number of carbonyl (C=O) groups is 2. The van der Waals surface area contributed by atoms with Crippen LogP contribution in [0.15, 0.2) is 36.4 Å². The van der Waals surface area contributed by atoms with Crippen molar-refractivity contribution in [1.82, 2.24) is 0 Å². The number of hydrogen-bond acceptors (Lipinski definition) is 5. The molecule has 2 aromatic rings. The lowest BCUT2D eigenvalue weighted by atomic mass is 10.2. The fourth-order valence-corrected chi connectivity index (χ4v) is 2.16. The van der Waals surface area contributed by atoms with Crippen LogP contribution in [-0.2, 0) is 9.53 Å². The summed E-state index contributed by atoms with van der Waals surface area (Å²) in [6, 6.07) is 7.21. The van der Waals surface area contributed by atoms with Crippen molar-refractivity contribution in [2.24, 2.45) is 5.92 Å². The highest BCUT2D eigenvalue weighted by Crippen LogP contribution is 2.28. The van der Waals surface area contributed by atoms with Crippen LogP contribution in [0.5, 0.6) is 11.5 Å². The van der Waals surface area contributed by atoms with Gasteiger partial charge in [0.15, 0.2) is 18.1 Å². The Labute approximate surface area is 161 Å². The summed E-state index contributed by atoms with van der Waals surface area (Å²) in [7, 11) is 1.44. The number of benzene rings is 2. The molecule has 0 aromatic heterocycles. The fourth-order valence-electron chi connectivity index (χ4n) is 2.16. The van der Waals surface area contributed by atoms with Crippen molar-refractivity contribution in [3.8, 4) is 11.5 Å². The summed E-state index contributed by atoms with van der Waals surface area (Å²) in [6.45, 7) is 3.85. The van der Waals surface area contributed by atoms with Gasteiger partial charge >= 0.3 is 5.97 Å². The number of halogens is 2. The van der Waals surface area contributed by atoms with Crippen LogP contribution in [0.25, 0.3) is 0 Å². The van der Waals surface area contributed by atoms with Gasteiger partial charge in [-0.25, -0.2) is 13.6 Å². The molecule has 8 heteroatoms. The molecule has 0 bridgehead atoms. The molecule has 0 aliphatic rings. The molecule has 0 unspecified atom stereocenters. The van der Waals surface area contributed by atoms with E-state index in [4.69, 9.17) is 14.2 Å². The van der Waals surface area contributed by atoms with E-state index < -0.39 is 30.1 Å². The first kappa shape index (κ1) is 21.1. The summed E-state index contributed by atoms with van der Waals surface area (Å²) in [6.07, 6.45) is 0.